The van der Waals surface area contributed by atoms with Gasteiger partial charge in [-0.3, -0.25) is 9.69 Å². The number of methoxy groups -OCH3 is 1. The summed E-state index contributed by atoms with van der Waals surface area (Å²) in [5.74, 6) is 0.885. The second kappa shape index (κ2) is 7.96. The Hall–Kier alpha value is -1.63. The molecular weight excluding hydrogens is 308 g/mol. The number of nitrogens with zero attached hydrogens (tertiary/aromatic N) is 1. The van der Waals surface area contributed by atoms with Crippen LogP contribution < -0.4 is 10.1 Å². The molecule has 1 amide bonds. The number of nitrogens with one attached hydrogen (secondary N) is 1. The van der Waals surface area contributed by atoms with Gasteiger partial charge in [0.05, 0.1) is 38.9 Å². The van der Waals surface area contributed by atoms with E-state index in [0.717, 1.165) is 30.9 Å². The molecule has 6 nitrogen and oxygen atoms in total. The van der Waals surface area contributed by atoms with E-state index in [-0.39, 0.29) is 17.9 Å². The third-order valence-corrected chi connectivity index (χ3v) is 4.53. The molecule has 1 aromatic rings. The van der Waals surface area contributed by atoms with Crippen LogP contribution in [-0.4, -0.2) is 56.9 Å². The summed E-state index contributed by atoms with van der Waals surface area (Å²) in [6.45, 7) is 6.67. The third-order valence-electron chi connectivity index (χ3n) is 4.53. The zero-order valence-corrected chi connectivity index (χ0v) is 14.4. The number of amides is 1. The first-order valence-corrected chi connectivity index (χ1v) is 8.53. The predicted octanol–water partition coefficient (Wildman–Crippen LogP) is 1.18. The van der Waals surface area contributed by atoms with Crippen LogP contribution in [-0.2, 0) is 27.4 Å². The van der Waals surface area contributed by atoms with Gasteiger partial charge >= 0.3 is 0 Å². The summed E-state index contributed by atoms with van der Waals surface area (Å²) in [6, 6.07) is 6.29. The van der Waals surface area contributed by atoms with E-state index in [0.29, 0.717) is 26.4 Å². The summed E-state index contributed by atoms with van der Waals surface area (Å²) in [4.78, 5) is 14.4. The Morgan fingerprint density at radius 3 is 3.00 bits per heavy atom. The van der Waals surface area contributed by atoms with E-state index in [1.54, 1.807) is 7.11 Å². The molecule has 2 atom stereocenters. The highest BCUT2D eigenvalue weighted by atomic mass is 16.5. The topological polar surface area (TPSA) is 60.0 Å². The van der Waals surface area contributed by atoms with E-state index >= 15 is 0 Å². The summed E-state index contributed by atoms with van der Waals surface area (Å²) >= 11 is 0. The largest absolute Gasteiger partial charge is 0.496 e. The van der Waals surface area contributed by atoms with Crippen molar-refractivity contribution in [2.24, 2.45) is 5.92 Å². The van der Waals surface area contributed by atoms with Gasteiger partial charge in [-0.2, -0.15) is 0 Å². The lowest BCUT2D eigenvalue weighted by Gasteiger charge is -2.27. The van der Waals surface area contributed by atoms with Crippen molar-refractivity contribution >= 4 is 5.91 Å². The fraction of sp³-hybridized carbons (Fsp3) is 0.611. The molecule has 24 heavy (non-hydrogen) atoms. The molecule has 0 aliphatic carbocycles. The average Bonchev–Trinajstić information content (AvgIpc) is 2.81. The highest BCUT2D eigenvalue weighted by Crippen LogP contribution is 2.23. The Morgan fingerprint density at radius 2 is 2.21 bits per heavy atom. The first kappa shape index (κ1) is 17.2. The SMILES string of the molecule is CCOCc1cc(CN2C[C@H]3COC[C@@H](C2)C(=O)N3)ccc1OC. The van der Waals surface area contributed by atoms with Gasteiger partial charge in [-0.05, 0) is 24.6 Å². The Kier molecular flexibility index (Phi) is 5.71. The number of ether oxygens (including phenoxy) is 3. The van der Waals surface area contributed by atoms with Crippen molar-refractivity contribution in [3.63, 3.8) is 0 Å². The molecule has 0 spiro atoms. The van der Waals surface area contributed by atoms with Gasteiger partial charge in [0.15, 0.2) is 0 Å². The van der Waals surface area contributed by atoms with Crippen LogP contribution >= 0.6 is 0 Å². The van der Waals surface area contributed by atoms with Crippen molar-refractivity contribution in [2.45, 2.75) is 26.1 Å². The minimum atomic E-state index is -0.0846. The monoisotopic (exact) mass is 334 g/mol. The predicted molar refractivity (Wildman–Crippen MR) is 89.8 cm³/mol. The Balaban J connectivity index is 1.72. The highest BCUT2D eigenvalue weighted by molar-refractivity contribution is 5.79. The minimum absolute atomic E-state index is 0.0751. The van der Waals surface area contributed by atoms with Crippen LogP contribution in [0, 0.1) is 5.92 Å². The molecular formula is C18H26N2O4. The number of hydrogen-bond donors (Lipinski definition) is 1. The standard InChI is InChI=1S/C18H26N2O4/c1-3-23-10-14-6-13(4-5-17(14)22-2)7-20-8-15-11-24-12-16(9-20)19-18(15)21/h4-6,15-16H,3,7-12H2,1-2H3,(H,19,21)/t15-,16+/m1/s1. The van der Waals surface area contributed by atoms with Crippen molar-refractivity contribution in [1.82, 2.24) is 10.2 Å². The van der Waals surface area contributed by atoms with Crippen LogP contribution in [0.5, 0.6) is 5.75 Å². The lowest BCUT2D eigenvalue weighted by Crippen LogP contribution is -2.41. The van der Waals surface area contributed by atoms with Crippen molar-refractivity contribution in [2.75, 3.05) is 40.0 Å². The fourth-order valence-corrected chi connectivity index (χ4v) is 3.36. The molecule has 2 heterocycles. The Morgan fingerprint density at radius 1 is 1.33 bits per heavy atom. The molecule has 2 aliphatic rings. The van der Waals surface area contributed by atoms with Crippen molar-refractivity contribution < 1.29 is 19.0 Å². The van der Waals surface area contributed by atoms with E-state index in [9.17, 15) is 4.79 Å². The number of hydrogen-bond acceptors (Lipinski definition) is 5. The van der Waals surface area contributed by atoms with E-state index < -0.39 is 0 Å². The molecule has 2 saturated heterocycles. The number of benzene rings is 1. The number of carbonyl (C=O) groups is 1. The molecule has 1 aromatic carbocycles. The van der Waals surface area contributed by atoms with Gasteiger partial charge in [0.2, 0.25) is 5.91 Å². The van der Waals surface area contributed by atoms with Gasteiger partial charge in [-0.25, -0.2) is 0 Å². The summed E-state index contributed by atoms with van der Waals surface area (Å²) in [7, 11) is 1.68. The maximum atomic E-state index is 12.1. The van der Waals surface area contributed by atoms with E-state index in [4.69, 9.17) is 14.2 Å². The number of carbonyl (C=O) groups excluding carboxylic acids is 1. The van der Waals surface area contributed by atoms with Crippen molar-refractivity contribution in [1.29, 1.82) is 0 Å². The third kappa shape index (κ3) is 4.06. The minimum Gasteiger partial charge on any atom is -0.496 e. The molecule has 0 saturated carbocycles. The van der Waals surface area contributed by atoms with Crippen LogP contribution in [0.25, 0.3) is 0 Å². The van der Waals surface area contributed by atoms with Crippen LogP contribution in [0.2, 0.25) is 0 Å². The lowest BCUT2D eigenvalue weighted by atomic mass is 10.1. The first-order chi connectivity index (χ1) is 11.7. The van der Waals surface area contributed by atoms with Gasteiger partial charge < -0.3 is 19.5 Å². The highest BCUT2D eigenvalue weighted by Gasteiger charge is 2.33. The van der Waals surface area contributed by atoms with Gasteiger partial charge in [-0.15, -0.1) is 0 Å². The van der Waals surface area contributed by atoms with E-state index in [1.807, 2.05) is 13.0 Å². The number of fused-ring (bicyclic) bond motifs is 3. The van der Waals surface area contributed by atoms with Crippen molar-refractivity contribution in [3.8, 4) is 5.75 Å². The summed E-state index contributed by atoms with van der Waals surface area (Å²) < 4.78 is 16.5. The second-order valence-electron chi connectivity index (χ2n) is 6.42. The molecule has 0 aromatic heterocycles. The van der Waals surface area contributed by atoms with Gasteiger partial charge in [0.1, 0.15) is 5.75 Å². The van der Waals surface area contributed by atoms with Gasteiger partial charge in [0, 0.05) is 31.8 Å². The molecule has 132 valence electrons. The lowest BCUT2D eigenvalue weighted by molar-refractivity contribution is -0.125. The molecule has 2 fully saturated rings. The first-order valence-electron chi connectivity index (χ1n) is 8.53. The maximum Gasteiger partial charge on any atom is 0.227 e. The molecule has 0 unspecified atom stereocenters. The zero-order valence-electron chi connectivity index (χ0n) is 14.4. The van der Waals surface area contributed by atoms with Crippen LogP contribution in [0.1, 0.15) is 18.1 Å². The Labute approximate surface area is 143 Å². The van der Waals surface area contributed by atoms with Crippen LogP contribution in [0.4, 0.5) is 0 Å². The molecule has 0 radical (unpaired) electrons. The molecule has 1 N–H and O–H groups in total. The smallest absolute Gasteiger partial charge is 0.227 e. The average molecular weight is 334 g/mol. The fourth-order valence-electron chi connectivity index (χ4n) is 3.36. The van der Waals surface area contributed by atoms with E-state index in [1.165, 1.54) is 5.56 Å². The van der Waals surface area contributed by atoms with Crippen LogP contribution in [0.15, 0.2) is 18.2 Å². The van der Waals surface area contributed by atoms with E-state index in [2.05, 4.69) is 22.3 Å². The summed E-state index contributed by atoms with van der Waals surface area (Å²) in [5, 5.41) is 3.07. The Bertz CT molecular complexity index is 578. The van der Waals surface area contributed by atoms with Gasteiger partial charge in [0.25, 0.3) is 0 Å². The molecule has 6 heteroatoms. The molecule has 3 rings (SSSR count). The molecule has 2 aliphatic heterocycles. The summed E-state index contributed by atoms with van der Waals surface area (Å²) in [6.07, 6.45) is 0. The maximum absolute atomic E-state index is 12.1. The normalized spacial score (nSPS) is 24.3. The quantitative estimate of drug-likeness (QED) is 0.846. The zero-order chi connectivity index (χ0) is 16.9. The second-order valence-corrected chi connectivity index (χ2v) is 6.42. The van der Waals surface area contributed by atoms with Gasteiger partial charge in [-0.1, -0.05) is 6.07 Å². The van der Waals surface area contributed by atoms with Crippen LogP contribution in [0.3, 0.4) is 0 Å². The summed E-state index contributed by atoms with van der Waals surface area (Å²) in [5.41, 5.74) is 2.27. The number of rotatable bonds is 6. The molecule has 2 bridgehead atoms. The van der Waals surface area contributed by atoms with Crippen molar-refractivity contribution in [3.05, 3.63) is 29.3 Å².